The fourth-order valence-corrected chi connectivity index (χ4v) is 2.27. The van der Waals surface area contributed by atoms with E-state index >= 15 is 0 Å². The largest absolute Gasteiger partial charge is 0.409 e. The molecule has 0 aliphatic carbocycles. The first-order valence-corrected chi connectivity index (χ1v) is 6.75. The maximum atomic E-state index is 12.7. The van der Waals surface area contributed by atoms with E-state index in [0.717, 1.165) is 17.3 Å². The average Bonchev–Trinajstić information content (AvgIpc) is 2.83. The fraction of sp³-hybridized carbons (Fsp3) is 0.357. The first-order valence-electron chi connectivity index (χ1n) is 6.75. The molecule has 1 aromatic heterocycles. The normalized spacial score (nSPS) is 11.8. The van der Waals surface area contributed by atoms with Crippen LogP contribution in [0.4, 0.5) is 0 Å². The van der Waals surface area contributed by atoms with Crippen LogP contribution in [0.3, 0.4) is 0 Å². The number of rotatable bonds is 5. The van der Waals surface area contributed by atoms with Gasteiger partial charge in [0.05, 0.1) is 12.1 Å². The first kappa shape index (κ1) is 14.8. The van der Waals surface area contributed by atoms with E-state index in [1.54, 1.807) is 11.7 Å². The van der Waals surface area contributed by atoms with Crippen LogP contribution in [0.15, 0.2) is 29.4 Å². The molecule has 2 aromatic rings. The molecule has 0 saturated heterocycles. The molecule has 0 bridgehead atoms. The van der Waals surface area contributed by atoms with Gasteiger partial charge in [0.25, 0.3) is 5.91 Å². The van der Waals surface area contributed by atoms with Crippen LogP contribution < -0.4 is 5.73 Å². The summed E-state index contributed by atoms with van der Waals surface area (Å²) in [5.41, 5.74) is 6.79. The molecule has 0 aliphatic heterocycles. The van der Waals surface area contributed by atoms with E-state index in [0.29, 0.717) is 12.2 Å². The Balaban J connectivity index is 2.39. The minimum Gasteiger partial charge on any atom is -0.409 e. The Hall–Kier alpha value is -2.57. The van der Waals surface area contributed by atoms with Crippen LogP contribution in [0.2, 0.25) is 0 Å². The van der Waals surface area contributed by atoms with Gasteiger partial charge in [0.15, 0.2) is 11.5 Å². The minimum absolute atomic E-state index is 0.00274. The molecule has 0 fully saturated rings. The molecule has 1 amide bonds. The monoisotopic (exact) mass is 289 g/mol. The van der Waals surface area contributed by atoms with Crippen molar-refractivity contribution in [3.63, 3.8) is 0 Å². The molecule has 3 N–H and O–H groups in total. The van der Waals surface area contributed by atoms with Gasteiger partial charge in [-0.2, -0.15) is 5.10 Å². The summed E-state index contributed by atoms with van der Waals surface area (Å²) < 4.78 is 1.68. The summed E-state index contributed by atoms with van der Waals surface area (Å²) >= 11 is 0. The molecule has 7 heteroatoms. The highest BCUT2D eigenvalue weighted by Gasteiger charge is 2.22. The Morgan fingerprint density at radius 3 is 2.86 bits per heavy atom. The summed E-state index contributed by atoms with van der Waals surface area (Å²) in [6.07, 6.45) is 0.773. The van der Waals surface area contributed by atoms with E-state index in [2.05, 4.69) is 10.3 Å². The second-order valence-corrected chi connectivity index (χ2v) is 4.81. The molecular formula is C14H19N5O2. The number of oxime groups is 1. The number of para-hydroxylation sites is 1. The molecule has 1 heterocycles. The SMILES string of the molecule is CCCN(C/C(N)=N/O)C(=O)c1nn(C)c2ccccc12. The highest BCUT2D eigenvalue weighted by atomic mass is 16.4. The predicted molar refractivity (Wildman–Crippen MR) is 80.3 cm³/mol. The number of carbonyl (C=O) groups excluding carboxylic acids is 1. The van der Waals surface area contributed by atoms with Crippen LogP contribution in [0.25, 0.3) is 10.9 Å². The second-order valence-electron chi connectivity index (χ2n) is 4.81. The molecule has 0 atom stereocenters. The van der Waals surface area contributed by atoms with Gasteiger partial charge in [0.2, 0.25) is 0 Å². The third-order valence-electron chi connectivity index (χ3n) is 3.22. The van der Waals surface area contributed by atoms with Crippen LogP contribution in [0, 0.1) is 0 Å². The first-order chi connectivity index (χ1) is 10.1. The van der Waals surface area contributed by atoms with E-state index in [1.165, 1.54) is 4.90 Å². The topological polar surface area (TPSA) is 96.7 Å². The maximum absolute atomic E-state index is 12.7. The zero-order chi connectivity index (χ0) is 15.4. The van der Waals surface area contributed by atoms with Crippen molar-refractivity contribution in [2.75, 3.05) is 13.1 Å². The average molecular weight is 289 g/mol. The number of amides is 1. The van der Waals surface area contributed by atoms with E-state index in [-0.39, 0.29) is 18.3 Å². The lowest BCUT2D eigenvalue weighted by molar-refractivity contribution is 0.0773. The molecular weight excluding hydrogens is 270 g/mol. The molecule has 2 rings (SSSR count). The predicted octanol–water partition coefficient (Wildman–Crippen LogP) is 1.17. The van der Waals surface area contributed by atoms with Gasteiger partial charge in [-0.05, 0) is 12.5 Å². The molecule has 112 valence electrons. The maximum Gasteiger partial charge on any atom is 0.275 e. The van der Waals surface area contributed by atoms with Gasteiger partial charge in [0, 0.05) is 19.0 Å². The number of hydrogen-bond donors (Lipinski definition) is 2. The summed E-state index contributed by atoms with van der Waals surface area (Å²) in [5, 5.41) is 16.7. The van der Waals surface area contributed by atoms with Crippen molar-refractivity contribution in [2.45, 2.75) is 13.3 Å². The van der Waals surface area contributed by atoms with Crippen LogP contribution >= 0.6 is 0 Å². The van der Waals surface area contributed by atoms with Crippen LogP contribution in [0.1, 0.15) is 23.8 Å². The molecule has 0 radical (unpaired) electrons. The Kier molecular flexibility index (Phi) is 4.42. The van der Waals surface area contributed by atoms with Crippen molar-refractivity contribution in [1.82, 2.24) is 14.7 Å². The number of carbonyl (C=O) groups is 1. The number of aryl methyl sites for hydroxylation is 1. The standard InChI is InChI=1S/C14H19N5O2/c1-3-8-19(9-12(15)17-21)14(20)13-10-6-4-5-7-11(10)18(2)16-13/h4-7,21H,3,8-9H2,1-2H3,(H2,15,17). The number of benzene rings is 1. The third-order valence-corrected chi connectivity index (χ3v) is 3.22. The van der Waals surface area contributed by atoms with E-state index in [1.807, 2.05) is 31.2 Å². The third kappa shape index (κ3) is 2.96. The Bertz CT molecular complexity index is 677. The quantitative estimate of drug-likeness (QED) is 0.374. The fourth-order valence-electron chi connectivity index (χ4n) is 2.27. The van der Waals surface area contributed by atoms with Crippen molar-refractivity contribution in [2.24, 2.45) is 17.9 Å². The summed E-state index contributed by atoms with van der Waals surface area (Å²) in [4.78, 5) is 14.2. The minimum atomic E-state index is -0.222. The molecule has 7 nitrogen and oxygen atoms in total. The number of aromatic nitrogens is 2. The zero-order valence-electron chi connectivity index (χ0n) is 12.2. The van der Waals surface area contributed by atoms with Crippen LogP contribution in [-0.4, -0.2) is 44.7 Å². The van der Waals surface area contributed by atoms with Gasteiger partial charge in [-0.25, -0.2) is 0 Å². The summed E-state index contributed by atoms with van der Waals surface area (Å²) in [6, 6.07) is 7.54. The van der Waals surface area contributed by atoms with Gasteiger partial charge >= 0.3 is 0 Å². The molecule has 0 spiro atoms. The van der Waals surface area contributed by atoms with E-state index < -0.39 is 0 Å². The van der Waals surface area contributed by atoms with Crippen molar-refractivity contribution < 1.29 is 10.0 Å². The number of hydrogen-bond acceptors (Lipinski definition) is 4. The smallest absolute Gasteiger partial charge is 0.275 e. The molecule has 0 unspecified atom stereocenters. The van der Waals surface area contributed by atoms with Crippen molar-refractivity contribution in [3.8, 4) is 0 Å². The number of fused-ring (bicyclic) bond motifs is 1. The van der Waals surface area contributed by atoms with Crippen LogP contribution in [0.5, 0.6) is 0 Å². The van der Waals surface area contributed by atoms with E-state index in [4.69, 9.17) is 10.9 Å². The van der Waals surface area contributed by atoms with Crippen molar-refractivity contribution >= 4 is 22.6 Å². The molecule has 0 saturated carbocycles. The van der Waals surface area contributed by atoms with Gasteiger partial charge in [-0.1, -0.05) is 30.3 Å². The Morgan fingerprint density at radius 1 is 1.48 bits per heavy atom. The number of amidine groups is 1. The van der Waals surface area contributed by atoms with E-state index in [9.17, 15) is 4.79 Å². The van der Waals surface area contributed by atoms with Gasteiger partial charge in [0.1, 0.15) is 0 Å². The molecule has 0 aliphatic rings. The summed E-state index contributed by atoms with van der Waals surface area (Å²) in [5.74, 6) is -0.225. The molecule has 1 aromatic carbocycles. The van der Waals surface area contributed by atoms with Crippen molar-refractivity contribution in [3.05, 3.63) is 30.0 Å². The lowest BCUT2D eigenvalue weighted by atomic mass is 10.2. The summed E-state index contributed by atoms with van der Waals surface area (Å²) in [7, 11) is 1.80. The zero-order valence-corrected chi connectivity index (χ0v) is 12.2. The Labute approximate surface area is 122 Å². The van der Waals surface area contributed by atoms with Gasteiger partial charge in [-0.3, -0.25) is 9.48 Å². The number of nitrogens with zero attached hydrogens (tertiary/aromatic N) is 4. The highest BCUT2D eigenvalue weighted by molar-refractivity contribution is 6.05. The lowest BCUT2D eigenvalue weighted by Crippen LogP contribution is -2.39. The highest BCUT2D eigenvalue weighted by Crippen LogP contribution is 2.19. The Morgan fingerprint density at radius 2 is 2.19 bits per heavy atom. The second kappa shape index (κ2) is 6.25. The molecule has 21 heavy (non-hydrogen) atoms. The van der Waals surface area contributed by atoms with Crippen molar-refractivity contribution in [1.29, 1.82) is 0 Å². The van der Waals surface area contributed by atoms with Gasteiger partial charge < -0.3 is 15.8 Å². The van der Waals surface area contributed by atoms with Gasteiger partial charge in [-0.15, -0.1) is 0 Å². The summed E-state index contributed by atoms with van der Waals surface area (Å²) in [6.45, 7) is 2.55. The van der Waals surface area contributed by atoms with Crippen LogP contribution in [-0.2, 0) is 7.05 Å². The number of nitrogens with two attached hydrogens (primary N) is 1. The lowest BCUT2D eigenvalue weighted by Gasteiger charge is -2.20.